The summed E-state index contributed by atoms with van der Waals surface area (Å²) in [6, 6.07) is 8.28. The van der Waals surface area contributed by atoms with Crippen molar-refractivity contribution < 1.29 is 14.0 Å². The number of fused-ring (bicyclic) bond motifs is 1. The fourth-order valence-corrected chi connectivity index (χ4v) is 2.90. The fraction of sp³-hybridized carbons (Fsp3) is 0.471. The number of rotatable bonds is 5. The Kier molecular flexibility index (Phi) is 4.98. The van der Waals surface area contributed by atoms with E-state index in [1.807, 2.05) is 31.2 Å². The van der Waals surface area contributed by atoms with Crippen molar-refractivity contribution in [2.24, 2.45) is 5.92 Å². The van der Waals surface area contributed by atoms with E-state index in [1.165, 1.54) is 0 Å². The number of benzene rings is 1. The maximum absolute atomic E-state index is 12.1. The van der Waals surface area contributed by atoms with Gasteiger partial charge >= 0.3 is 0 Å². The predicted octanol–water partition coefficient (Wildman–Crippen LogP) is 1.30. The Bertz CT molecular complexity index is 686. The van der Waals surface area contributed by atoms with Crippen LogP contribution in [0.3, 0.4) is 0 Å². The summed E-state index contributed by atoms with van der Waals surface area (Å²) in [6.45, 7) is 3.88. The second-order valence-electron chi connectivity index (χ2n) is 5.90. The SMILES string of the molecule is CCNC(=O)CNC(=O)C1CCN(c2nc3ccccc3o2)CC1. The molecule has 128 valence electrons. The Morgan fingerprint density at radius 2 is 2.00 bits per heavy atom. The Morgan fingerprint density at radius 1 is 1.25 bits per heavy atom. The van der Waals surface area contributed by atoms with E-state index in [9.17, 15) is 9.59 Å². The van der Waals surface area contributed by atoms with Gasteiger partial charge in [-0.1, -0.05) is 12.1 Å². The highest BCUT2D eigenvalue weighted by molar-refractivity contribution is 5.85. The molecule has 0 radical (unpaired) electrons. The minimum absolute atomic E-state index is 0.0397. The number of likely N-dealkylation sites (N-methyl/N-ethyl adjacent to an activating group) is 1. The van der Waals surface area contributed by atoms with Crippen LogP contribution < -0.4 is 15.5 Å². The first kappa shape index (κ1) is 16.3. The number of carbonyl (C=O) groups excluding carboxylic acids is 2. The fourth-order valence-electron chi connectivity index (χ4n) is 2.90. The molecular weight excluding hydrogens is 308 g/mol. The van der Waals surface area contributed by atoms with Crippen molar-refractivity contribution in [1.82, 2.24) is 15.6 Å². The van der Waals surface area contributed by atoms with Crippen molar-refractivity contribution in [1.29, 1.82) is 0 Å². The molecule has 1 aromatic heterocycles. The van der Waals surface area contributed by atoms with Gasteiger partial charge in [0.15, 0.2) is 5.58 Å². The Hall–Kier alpha value is -2.57. The molecule has 0 atom stereocenters. The van der Waals surface area contributed by atoms with Gasteiger partial charge in [0.25, 0.3) is 6.01 Å². The maximum Gasteiger partial charge on any atom is 0.298 e. The van der Waals surface area contributed by atoms with Gasteiger partial charge in [0, 0.05) is 25.6 Å². The molecular formula is C17H22N4O3. The third kappa shape index (κ3) is 3.67. The summed E-state index contributed by atoms with van der Waals surface area (Å²) in [4.78, 5) is 30.1. The third-order valence-corrected chi connectivity index (χ3v) is 4.22. The van der Waals surface area contributed by atoms with Crippen LogP contribution in [-0.4, -0.2) is 43.0 Å². The lowest BCUT2D eigenvalue weighted by molar-refractivity contribution is -0.129. The highest BCUT2D eigenvalue weighted by Crippen LogP contribution is 2.26. The van der Waals surface area contributed by atoms with Crippen LogP contribution in [-0.2, 0) is 9.59 Å². The van der Waals surface area contributed by atoms with Crippen LogP contribution in [0.5, 0.6) is 0 Å². The van der Waals surface area contributed by atoms with E-state index in [4.69, 9.17) is 4.42 Å². The molecule has 0 unspecified atom stereocenters. The quantitative estimate of drug-likeness (QED) is 0.863. The number of oxazole rings is 1. The molecule has 2 amide bonds. The Morgan fingerprint density at radius 3 is 2.71 bits per heavy atom. The lowest BCUT2D eigenvalue weighted by Crippen LogP contribution is -2.43. The predicted molar refractivity (Wildman–Crippen MR) is 90.6 cm³/mol. The van der Waals surface area contributed by atoms with Crippen molar-refractivity contribution in [2.45, 2.75) is 19.8 Å². The highest BCUT2D eigenvalue weighted by atomic mass is 16.4. The number of nitrogens with one attached hydrogen (secondary N) is 2. The number of hydrogen-bond acceptors (Lipinski definition) is 5. The Balaban J connectivity index is 1.51. The molecule has 2 aromatic rings. The van der Waals surface area contributed by atoms with Gasteiger partial charge in [-0.05, 0) is 31.9 Å². The first-order chi connectivity index (χ1) is 11.7. The number of nitrogens with zero attached hydrogens (tertiary/aromatic N) is 2. The summed E-state index contributed by atoms with van der Waals surface area (Å²) in [7, 11) is 0. The van der Waals surface area contributed by atoms with Crippen molar-refractivity contribution in [3.8, 4) is 0 Å². The van der Waals surface area contributed by atoms with Gasteiger partial charge in [-0.25, -0.2) is 0 Å². The monoisotopic (exact) mass is 330 g/mol. The van der Waals surface area contributed by atoms with Gasteiger partial charge in [0.2, 0.25) is 11.8 Å². The molecule has 2 N–H and O–H groups in total. The largest absolute Gasteiger partial charge is 0.423 e. The van der Waals surface area contributed by atoms with Crippen molar-refractivity contribution in [2.75, 3.05) is 31.1 Å². The summed E-state index contributed by atoms with van der Waals surface area (Å²) in [5.74, 6) is -0.284. The van der Waals surface area contributed by atoms with E-state index in [2.05, 4.69) is 20.5 Å². The van der Waals surface area contributed by atoms with E-state index < -0.39 is 0 Å². The first-order valence-corrected chi connectivity index (χ1v) is 8.32. The van der Waals surface area contributed by atoms with Crippen LogP contribution in [0.4, 0.5) is 6.01 Å². The zero-order chi connectivity index (χ0) is 16.9. The molecule has 1 aliphatic rings. The van der Waals surface area contributed by atoms with Crippen LogP contribution in [0.15, 0.2) is 28.7 Å². The van der Waals surface area contributed by atoms with Crippen LogP contribution in [0.1, 0.15) is 19.8 Å². The Labute approximate surface area is 140 Å². The first-order valence-electron chi connectivity index (χ1n) is 8.32. The standard InChI is InChI=1S/C17H22N4O3/c1-2-18-15(22)11-19-16(23)12-7-9-21(10-8-12)17-20-13-5-3-4-6-14(13)24-17/h3-6,12H,2,7-11H2,1H3,(H,18,22)(H,19,23). The summed E-state index contributed by atoms with van der Waals surface area (Å²) in [6.07, 6.45) is 1.44. The maximum atomic E-state index is 12.1. The smallest absolute Gasteiger partial charge is 0.298 e. The van der Waals surface area contributed by atoms with Crippen LogP contribution >= 0.6 is 0 Å². The van der Waals surface area contributed by atoms with Gasteiger partial charge < -0.3 is 20.0 Å². The molecule has 7 nitrogen and oxygen atoms in total. The molecule has 2 heterocycles. The lowest BCUT2D eigenvalue weighted by atomic mass is 9.96. The van der Waals surface area contributed by atoms with Crippen molar-refractivity contribution in [3.63, 3.8) is 0 Å². The van der Waals surface area contributed by atoms with Gasteiger partial charge in [0.1, 0.15) is 5.52 Å². The minimum atomic E-state index is -0.158. The highest BCUT2D eigenvalue weighted by Gasteiger charge is 2.27. The van der Waals surface area contributed by atoms with Gasteiger partial charge in [-0.2, -0.15) is 4.98 Å². The zero-order valence-electron chi connectivity index (χ0n) is 13.7. The molecule has 1 saturated heterocycles. The second kappa shape index (κ2) is 7.33. The van der Waals surface area contributed by atoms with Gasteiger partial charge in [0.05, 0.1) is 6.54 Å². The molecule has 24 heavy (non-hydrogen) atoms. The molecule has 1 fully saturated rings. The molecule has 0 spiro atoms. The van der Waals surface area contributed by atoms with E-state index in [1.54, 1.807) is 0 Å². The van der Waals surface area contributed by atoms with Crippen molar-refractivity contribution in [3.05, 3.63) is 24.3 Å². The molecule has 3 rings (SSSR count). The van der Waals surface area contributed by atoms with E-state index in [0.717, 1.165) is 23.9 Å². The number of amides is 2. The minimum Gasteiger partial charge on any atom is -0.423 e. The third-order valence-electron chi connectivity index (χ3n) is 4.22. The normalized spacial score (nSPS) is 15.5. The molecule has 1 aliphatic heterocycles. The molecule has 7 heteroatoms. The summed E-state index contributed by atoms with van der Waals surface area (Å²) >= 11 is 0. The number of anilines is 1. The van der Waals surface area contributed by atoms with Crippen molar-refractivity contribution >= 4 is 28.9 Å². The number of piperidine rings is 1. The molecule has 0 saturated carbocycles. The summed E-state index contributed by atoms with van der Waals surface area (Å²) in [5, 5.41) is 5.37. The second-order valence-corrected chi connectivity index (χ2v) is 5.90. The summed E-state index contributed by atoms with van der Waals surface area (Å²) in [5.41, 5.74) is 1.61. The molecule has 0 aliphatic carbocycles. The van der Waals surface area contributed by atoms with Gasteiger partial charge in [-0.15, -0.1) is 0 Å². The van der Waals surface area contributed by atoms with Gasteiger partial charge in [-0.3, -0.25) is 9.59 Å². The summed E-state index contributed by atoms with van der Waals surface area (Å²) < 4.78 is 5.77. The number of carbonyl (C=O) groups is 2. The van der Waals surface area contributed by atoms with E-state index in [0.29, 0.717) is 25.6 Å². The van der Waals surface area contributed by atoms with Crippen LogP contribution in [0.25, 0.3) is 11.1 Å². The number of hydrogen-bond donors (Lipinski definition) is 2. The number of para-hydroxylation sites is 2. The average Bonchev–Trinajstić information content (AvgIpc) is 3.04. The van der Waals surface area contributed by atoms with E-state index in [-0.39, 0.29) is 24.3 Å². The number of aromatic nitrogens is 1. The average molecular weight is 330 g/mol. The lowest BCUT2D eigenvalue weighted by Gasteiger charge is -2.30. The van der Waals surface area contributed by atoms with E-state index >= 15 is 0 Å². The zero-order valence-corrected chi connectivity index (χ0v) is 13.7. The topological polar surface area (TPSA) is 87.5 Å². The molecule has 1 aromatic carbocycles. The van der Waals surface area contributed by atoms with Crippen LogP contribution in [0, 0.1) is 5.92 Å². The van der Waals surface area contributed by atoms with Crippen LogP contribution in [0.2, 0.25) is 0 Å². The molecule has 0 bridgehead atoms.